The van der Waals surface area contributed by atoms with E-state index in [4.69, 9.17) is 21.3 Å². The second kappa shape index (κ2) is 9.78. The van der Waals surface area contributed by atoms with Crippen LogP contribution >= 0.6 is 11.6 Å². The van der Waals surface area contributed by atoms with Crippen molar-refractivity contribution in [2.75, 3.05) is 38.2 Å². The number of carbonyl (C=O) groups excluding carboxylic acids is 1. The summed E-state index contributed by atoms with van der Waals surface area (Å²) in [6, 6.07) is 14.5. The van der Waals surface area contributed by atoms with Crippen molar-refractivity contribution >= 4 is 34.6 Å². The fourth-order valence-electron chi connectivity index (χ4n) is 4.65. The third kappa shape index (κ3) is 4.37. The van der Waals surface area contributed by atoms with Gasteiger partial charge in [-0.3, -0.25) is 23.3 Å². The maximum Gasteiger partial charge on any atom is 0.332 e. The molecular weight excluding hydrogens is 496 g/mol. The quantitative estimate of drug-likeness (QED) is 0.398. The molecule has 1 saturated heterocycles. The monoisotopic (exact) mass is 522 g/mol. The molecule has 5 rings (SSSR count). The number of aryl methyl sites for hydroxylation is 1. The van der Waals surface area contributed by atoms with Crippen molar-refractivity contribution in [2.45, 2.75) is 6.54 Å². The molecule has 0 radical (unpaired) electrons. The summed E-state index contributed by atoms with van der Waals surface area (Å²) in [7, 11) is 4.65. The lowest BCUT2D eigenvalue weighted by atomic mass is 10.1. The van der Waals surface area contributed by atoms with Crippen molar-refractivity contribution in [3.05, 3.63) is 85.5 Å². The number of benzene rings is 2. The number of aromatic nitrogens is 4. The summed E-state index contributed by atoms with van der Waals surface area (Å²) >= 11 is 6.45. The SMILES string of the molecule is COc1ccc(C(=O)N2CCN(c3nc4c(c(=O)n(C)c(=O)n4C)n3Cc3ccccc3Cl)CC2)cc1. The number of halogens is 1. The molecule has 0 unspecified atom stereocenters. The van der Waals surface area contributed by atoms with Gasteiger partial charge >= 0.3 is 5.69 Å². The Bertz CT molecular complexity index is 1600. The highest BCUT2D eigenvalue weighted by Crippen LogP contribution is 2.25. The van der Waals surface area contributed by atoms with E-state index in [1.807, 2.05) is 27.7 Å². The van der Waals surface area contributed by atoms with Gasteiger partial charge in [0, 0.05) is 50.9 Å². The number of hydrogen-bond donors (Lipinski definition) is 0. The first-order chi connectivity index (χ1) is 17.8. The van der Waals surface area contributed by atoms with E-state index in [2.05, 4.69) is 0 Å². The number of rotatable bonds is 5. The Morgan fingerprint density at radius 1 is 0.973 bits per heavy atom. The van der Waals surface area contributed by atoms with Gasteiger partial charge in [-0.2, -0.15) is 4.98 Å². The van der Waals surface area contributed by atoms with E-state index in [9.17, 15) is 14.4 Å². The number of amides is 1. The van der Waals surface area contributed by atoms with E-state index >= 15 is 0 Å². The van der Waals surface area contributed by atoms with Crippen LogP contribution in [0.4, 0.5) is 5.95 Å². The number of methoxy groups -OCH3 is 1. The highest BCUT2D eigenvalue weighted by atomic mass is 35.5. The van der Waals surface area contributed by atoms with Crippen LogP contribution in [-0.4, -0.2) is 62.8 Å². The average Bonchev–Trinajstić information content (AvgIpc) is 3.31. The van der Waals surface area contributed by atoms with Crippen molar-refractivity contribution < 1.29 is 9.53 Å². The topological polar surface area (TPSA) is 94.6 Å². The Morgan fingerprint density at radius 2 is 1.65 bits per heavy atom. The van der Waals surface area contributed by atoms with Crippen LogP contribution in [0.15, 0.2) is 58.1 Å². The van der Waals surface area contributed by atoms with Crippen molar-refractivity contribution in [1.29, 1.82) is 0 Å². The van der Waals surface area contributed by atoms with Gasteiger partial charge in [0.2, 0.25) is 5.95 Å². The lowest BCUT2D eigenvalue weighted by molar-refractivity contribution is 0.0746. The van der Waals surface area contributed by atoms with E-state index in [-0.39, 0.29) is 5.91 Å². The minimum Gasteiger partial charge on any atom is -0.497 e. The molecule has 1 amide bonds. The van der Waals surface area contributed by atoms with Gasteiger partial charge in [-0.1, -0.05) is 29.8 Å². The zero-order valence-corrected chi connectivity index (χ0v) is 21.6. The molecular formula is C26H27ClN6O4. The molecule has 1 aliphatic rings. The summed E-state index contributed by atoms with van der Waals surface area (Å²) in [6.07, 6.45) is 0. The third-order valence-electron chi connectivity index (χ3n) is 6.80. The predicted octanol–water partition coefficient (Wildman–Crippen LogP) is 2.11. The lowest BCUT2D eigenvalue weighted by Gasteiger charge is -2.35. The smallest absolute Gasteiger partial charge is 0.332 e. The van der Waals surface area contributed by atoms with Crippen LogP contribution in [0.3, 0.4) is 0 Å². The van der Waals surface area contributed by atoms with Crippen molar-refractivity contribution in [3.8, 4) is 5.75 Å². The van der Waals surface area contributed by atoms with Gasteiger partial charge in [0.1, 0.15) is 5.75 Å². The molecule has 0 bridgehead atoms. The molecule has 0 spiro atoms. The molecule has 0 atom stereocenters. The van der Waals surface area contributed by atoms with Crippen LogP contribution in [0.1, 0.15) is 15.9 Å². The first-order valence-electron chi connectivity index (χ1n) is 11.9. The summed E-state index contributed by atoms with van der Waals surface area (Å²) in [5.74, 6) is 1.20. The van der Waals surface area contributed by atoms with Gasteiger partial charge < -0.3 is 14.5 Å². The number of piperazine rings is 1. The fraction of sp³-hybridized carbons (Fsp3) is 0.308. The van der Waals surface area contributed by atoms with E-state index in [0.29, 0.717) is 66.2 Å². The van der Waals surface area contributed by atoms with Gasteiger partial charge in [0.15, 0.2) is 11.2 Å². The molecule has 2 aromatic carbocycles. The minimum absolute atomic E-state index is 0.0526. The Hall–Kier alpha value is -4.05. The second-order valence-corrected chi connectivity index (χ2v) is 9.38. The third-order valence-corrected chi connectivity index (χ3v) is 7.17. The Morgan fingerprint density at radius 3 is 2.30 bits per heavy atom. The van der Waals surface area contributed by atoms with Crippen molar-refractivity contribution in [1.82, 2.24) is 23.6 Å². The van der Waals surface area contributed by atoms with Gasteiger partial charge in [-0.15, -0.1) is 0 Å². The molecule has 2 aromatic heterocycles. The second-order valence-electron chi connectivity index (χ2n) is 8.98. The number of fused-ring (bicyclic) bond motifs is 1. The molecule has 0 N–H and O–H groups in total. The number of ether oxygens (including phenoxy) is 1. The number of anilines is 1. The zero-order chi connectivity index (χ0) is 26.3. The summed E-state index contributed by atoms with van der Waals surface area (Å²) in [6.45, 7) is 2.31. The van der Waals surface area contributed by atoms with Gasteiger partial charge in [-0.25, -0.2) is 4.79 Å². The lowest BCUT2D eigenvalue weighted by Crippen LogP contribution is -2.49. The zero-order valence-electron chi connectivity index (χ0n) is 20.8. The van der Waals surface area contributed by atoms with Crippen molar-refractivity contribution in [2.24, 2.45) is 14.1 Å². The number of nitrogens with zero attached hydrogens (tertiary/aromatic N) is 6. The molecule has 1 aliphatic heterocycles. The molecule has 37 heavy (non-hydrogen) atoms. The van der Waals surface area contributed by atoms with Gasteiger partial charge in [0.05, 0.1) is 13.7 Å². The minimum atomic E-state index is -0.443. The first-order valence-corrected chi connectivity index (χ1v) is 12.3. The molecule has 0 aliphatic carbocycles. The molecule has 11 heteroatoms. The molecule has 192 valence electrons. The first kappa shape index (κ1) is 24.6. The number of imidazole rings is 1. The van der Waals surface area contributed by atoms with E-state index in [0.717, 1.165) is 10.1 Å². The predicted molar refractivity (Wildman–Crippen MR) is 142 cm³/mol. The molecule has 0 saturated carbocycles. The number of carbonyl (C=O) groups is 1. The highest BCUT2D eigenvalue weighted by Gasteiger charge is 2.28. The Balaban J connectivity index is 1.49. The molecule has 3 heterocycles. The van der Waals surface area contributed by atoms with Crippen LogP contribution in [0.5, 0.6) is 5.75 Å². The average molecular weight is 523 g/mol. The van der Waals surface area contributed by atoms with E-state index in [1.165, 1.54) is 11.6 Å². The normalized spacial score (nSPS) is 13.8. The largest absolute Gasteiger partial charge is 0.497 e. The fourth-order valence-corrected chi connectivity index (χ4v) is 4.84. The maximum atomic E-state index is 13.2. The molecule has 10 nitrogen and oxygen atoms in total. The van der Waals surface area contributed by atoms with Gasteiger partial charge in [-0.05, 0) is 35.9 Å². The molecule has 4 aromatic rings. The Kier molecular flexibility index (Phi) is 6.51. The highest BCUT2D eigenvalue weighted by molar-refractivity contribution is 6.31. The summed E-state index contributed by atoms with van der Waals surface area (Å²) in [4.78, 5) is 47.4. The van der Waals surface area contributed by atoms with Crippen LogP contribution in [0.25, 0.3) is 11.2 Å². The standard InChI is InChI=1S/C26H27ClN6O4/c1-29-22-21(24(35)30(2)26(29)36)33(16-18-6-4-5-7-20(18)27)25(28-22)32-14-12-31(13-15-32)23(34)17-8-10-19(37-3)11-9-17/h4-11H,12-16H2,1-3H3. The van der Waals surface area contributed by atoms with Crippen molar-refractivity contribution in [3.63, 3.8) is 0 Å². The summed E-state index contributed by atoms with van der Waals surface area (Å²) in [5.41, 5.74) is 1.20. The number of hydrogen-bond acceptors (Lipinski definition) is 6. The van der Waals surface area contributed by atoms with E-state index < -0.39 is 11.2 Å². The van der Waals surface area contributed by atoms with Gasteiger partial charge in [0.25, 0.3) is 11.5 Å². The Labute approximate surface area is 217 Å². The van der Waals surface area contributed by atoms with Crippen LogP contribution in [-0.2, 0) is 20.6 Å². The van der Waals surface area contributed by atoms with Crippen LogP contribution in [0, 0.1) is 0 Å². The maximum absolute atomic E-state index is 13.2. The van der Waals surface area contributed by atoms with Crippen LogP contribution < -0.4 is 20.9 Å². The van der Waals surface area contributed by atoms with Crippen LogP contribution in [0.2, 0.25) is 5.02 Å². The summed E-state index contributed by atoms with van der Waals surface area (Å²) < 4.78 is 9.47. The van der Waals surface area contributed by atoms with E-state index in [1.54, 1.807) is 49.4 Å². The summed E-state index contributed by atoms with van der Waals surface area (Å²) in [5, 5.41) is 0.576. The molecule has 1 fully saturated rings.